The molecule has 0 bridgehead atoms. The molecule has 0 saturated heterocycles. The average Bonchev–Trinajstić information content (AvgIpc) is 2.99. The van der Waals surface area contributed by atoms with Crippen molar-refractivity contribution in [1.29, 1.82) is 0 Å². The quantitative estimate of drug-likeness (QED) is 0.912. The maximum Gasteiger partial charge on any atom is 0.227 e. The molecule has 0 atom stereocenters. The van der Waals surface area contributed by atoms with E-state index in [4.69, 9.17) is 10.3 Å². The zero-order valence-electron chi connectivity index (χ0n) is 13.3. The molecule has 1 heterocycles. The van der Waals surface area contributed by atoms with Gasteiger partial charge in [0, 0.05) is 12.0 Å². The van der Waals surface area contributed by atoms with Crippen molar-refractivity contribution in [2.24, 2.45) is 11.1 Å². The Morgan fingerprint density at radius 3 is 2.65 bits per heavy atom. The second-order valence-corrected chi connectivity index (χ2v) is 6.42. The van der Waals surface area contributed by atoms with Crippen molar-refractivity contribution >= 4 is 12.4 Å². The van der Waals surface area contributed by atoms with E-state index in [1.165, 1.54) is 25.3 Å². The second kappa shape index (κ2) is 7.41. The molecule has 4 nitrogen and oxygen atoms in total. The number of rotatable bonds is 4. The Morgan fingerprint density at radius 1 is 1.26 bits per heavy atom. The summed E-state index contributed by atoms with van der Waals surface area (Å²) in [6.45, 7) is 2.38. The smallest absolute Gasteiger partial charge is 0.227 e. The molecule has 0 unspecified atom stereocenters. The van der Waals surface area contributed by atoms with E-state index in [2.05, 4.69) is 10.1 Å². The Labute approximate surface area is 142 Å². The largest absolute Gasteiger partial charge is 0.339 e. The van der Waals surface area contributed by atoms with Crippen molar-refractivity contribution in [1.82, 2.24) is 10.1 Å². The molecule has 0 aliphatic heterocycles. The lowest BCUT2D eigenvalue weighted by Crippen LogP contribution is -2.35. The predicted octanol–water partition coefficient (Wildman–Crippen LogP) is 4.06. The van der Waals surface area contributed by atoms with E-state index in [1.807, 2.05) is 0 Å². The first-order valence-corrected chi connectivity index (χ1v) is 7.91. The number of hydrogen-bond donors (Lipinski definition) is 1. The van der Waals surface area contributed by atoms with Gasteiger partial charge in [-0.15, -0.1) is 12.4 Å². The van der Waals surface area contributed by atoms with Crippen LogP contribution >= 0.6 is 12.4 Å². The number of halogens is 2. The Morgan fingerprint density at radius 2 is 2.00 bits per heavy atom. The third-order valence-corrected chi connectivity index (χ3v) is 4.76. The van der Waals surface area contributed by atoms with Gasteiger partial charge < -0.3 is 10.3 Å². The summed E-state index contributed by atoms with van der Waals surface area (Å²) >= 11 is 0. The minimum absolute atomic E-state index is 0. The third-order valence-electron chi connectivity index (χ3n) is 4.76. The van der Waals surface area contributed by atoms with Gasteiger partial charge >= 0.3 is 0 Å². The van der Waals surface area contributed by atoms with E-state index in [9.17, 15) is 4.39 Å². The maximum absolute atomic E-state index is 13.3. The molecular weight excluding hydrogens is 317 g/mol. The summed E-state index contributed by atoms with van der Waals surface area (Å²) in [7, 11) is 0. The van der Waals surface area contributed by atoms with E-state index >= 15 is 0 Å². The lowest BCUT2D eigenvalue weighted by molar-refractivity contribution is 0.177. The standard InChI is InChI=1S/C17H22FN3O.ClH/c1-12-9-13(5-6-14(12)18)16-20-15(22-21-16)10-17(11-19)7-3-2-4-8-17;/h5-6,9H,2-4,7-8,10-11,19H2,1H3;1H. The molecule has 23 heavy (non-hydrogen) atoms. The number of nitrogens with two attached hydrogens (primary N) is 1. The molecule has 6 heteroatoms. The van der Waals surface area contributed by atoms with Crippen LogP contribution in [0.25, 0.3) is 11.4 Å². The summed E-state index contributed by atoms with van der Waals surface area (Å²) in [5, 5.41) is 4.04. The van der Waals surface area contributed by atoms with Gasteiger partial charge in [0.15, 0.2) is 0 Å². The molecule has 0 amide bonds. The van der Waals surface area contributed by atoms with Gasteiger partial charge in [-0.3, -0.25) is 0 Å². The fraction of sp³-hybridized carbons (Fsp3) is 0.529. The van der Waals surface area contributed by atoms with Crippen molar-refractivity contribution in [2.45, 2.75) is 45.4 Å². The first-order valence-electron chi connectivity index (χ1n) is 7.91. The topological polar surface area (TPSA) is 64.9 Å². The fourth-order valence-corrected chi connectivity index (χ4v) is 3.30. The zero-order valence-corrected chi connectivity index (χ0v) is 14.2. The molecule has 1 saturated carbocycles. The van der Waals surface area contributed by atoms with Crippen molar-refractivity contribution in [3.05, 3.63) is 35.5 Å². The summed E-state index contributed by atoms with van der Waals surface area (Å²) < 4.78 is 18.8. The molecule has 3 rings (SSSR count). The van der Waals surface area contributed by atoms with Crippen molar-refractivity contribution in [3.63, 3.8) is 0 Å². The number of hydrogen-bond acceptors (Lipinski definition) is 4. The van der Waals surface area contributed by atoms with E-state index < -0.39 is 0 Å². The molecule has 0 spiro atoms. The summed E-state index contributed by atoms with van der Waals surface area (Å²) in [6.07, 6.45) is 6.70. The number of nitrogens with zero attached hydrogens (tertiary/aromatic N) is 2. The Balaban J connectivity index is 0.00000192. The molecule has 2 N–H and O–H groups in total. The maximum atomic E-state index is 13.3. The minimum atomic E-state index is -0.225. The summed E-state index contributed by atoms with van der Waals surface area (Å²) in [4.78, 5) is 4.48. The summed E-state index contributed by atoms with van der Waals surface area (Å²) in [5.74, 6) is 0.919. The molecule has 2 aromatic rings. The van der Waals surface area contributed by atoms with Gasteiger partial charge in [-0.1, -0.05) is 24.4 Å². The van der Waals surface area contributed by atoms with Crippen LogP contribution in [0, 0.1) is 18.2 Å². The molecule has 0 radical (unpaired) electrons. The van der Waals surface area contributed by atoms with Crippen LogP contribution in [0.4, 0.5) is 4.39 Å². The highest BCUT2D eigenvalue weighted by Crippen LogP contribution is 2.38. The highest BCUT2D eigenvalue weighted by molar-refractivity contribution is 5.85. The van der Waals surface area contributed by atoms with Crippen LogP contribution in [0.1, 0.15) is 43.6 Å². The molecule has 1 aromatic heterocycles. The Bertz CT molecular complexity index is 653. The molecule has 126 valence electrons. The van der Waals surface area contributed by atoms with Crippen LogP contribution in [0.5, 0.6) is 0 Å². The first kappa shape index (κ1) is 17.9. The molecule has 1 aliphatic carbocycles. The van der Waals surface area contributed by atoms with Crippen LogP contribution in [0.3, 0.4) is 0 Å². The average molecular weight is 340 g/mol. The second-order valence-electron chi connectivity index (χ2n) is 6.42. The van der Waals surface area contributed by atoms with Crippen LogP contribution in [-0.4, -0.2) is 16.7 Å². The minimum Gasteiger partial charge on any atom is -0.339 e. The van der Waals surface area contributed by atoms with Crippen molar-refractivity contribution in [3.8, 4) is 11.4 Å². The van der Waals surface area contributed by atoms with Gasteiger partial charge in [-0.05, 0) is 55.5 Å². The van der Waals surface area contributed by atoms with E-state index in [-0.39, 0.29) is 23.6 Å². The van der Waals surface area contributed by atoms with Crippen LogP contribution in [-0.2, 0) is 6.42 Å². The van der Waals surface area contributed by atoms with E-state index in [0.29, 0.717) is 23.8 Å². The van der Waals surface area contributed by atoms with Gasteiger partial charge in [0.25, 0.3) is 0 Å². The number of benzene rings is 1. The number of aromatic nitrogens is 2. The van der Waals surface area contributed by atoms with Gasteiger partial charge in [0.1, 0.15) is 5.82 Å². The highest BCUT2D eigenvalue weighted by Gasteiger charge is 2.33. The molecule has 1 aromatic carbocycles. The Kier molecular flexibility index (Phi) is 5.76. The molecule has 1 aliphatic rings. The molecule has 1 fully saturated rings. The van der Waals surface area contributed by atoms with Gasteiger partial charge in [0.2, 0.25) is 11.7 Å². The van der Waals surface area contributed by atoms with E-state index in [1.54, 1.807) is 19.1 Å². The zero-order chi connectivity index (χ0) is 15.6. The summed E-state index contributed by atoms with van der Waals surface area (Å²) in [5.41, 5.74) is 7.46. The van der Waals surface area contributed by atoms with Gasteiger partial charge in [-0.2, -0.15) is 4.98 Å². The predicted molar refractivity (Wildman–Crippen MR) is 90.0 cm³/mol. The number of aryl methyl sites for hydroxylation is 1. The van der Waals surface area contributed by atoms with E-state index in [0.717, 1.165) is 24.8 Å². The first-order chi connectivity index (χ1) is 10.6. The Hall–Kier alpha value is -1.46. The lowest BCUT2D eigenvalue weighted by Gasteiger charge is -2.34. The molecular formula is C17H23ClFN3O. The summed E-state index contributed by atoms with van der Waals surface area (Å²) in [6, 6.07) is 4.85. The van der Waals surface area contributed by atoms with Crippen LogP contribution < -0.4 is 5.73 Å². The highest BCUT2D eigenvalue weighted by atomic mass is 35.5. The van der Waals surface area contributed by atoms with Crippen molar-refractivity contribution < 1.29 is 8.91 Å². The van der Waals surface area contributed by atoms with Crippen LogP contribution in [0.2, 0.25) is 0 Å². The monoisotopic (exact) mass is 339 g/mol. The van der Waals surface area contributed by atoms with Gasteiger partial charge in [0.05, 0.1) is 0 Å². The third kappa shape index (κ3) is 3.90. The SMILES string of the molecule is Cc1cc(-c2noc(CC3(CN)CCCCC3)n2)ccc1F.Cl. The fourth-order valence-electron chi connectivity index (χ4n) is 3.30. The van der Waals surface area contributed by atoms with Gasteiger partial charge in [-0.25, -0.2) is 4.39 Å². The van der Waals surface area contributed by atoms with Crippen molar-refractivity contribution in [2.75, 3.05) is 6.54 Å². The normalized spacial score (nSPS) is 16.8. The van der Waals surface area contributed by atoms with Crippen LogP contribution in [0.15, 0.2) is 22.7 Å². The lowest BCUT2D eigenvalue weighted by atomic mass is 9.72.